The quantitative estimate of drug-likeness (QED) is 0.475. The van der Waals surface area contributed by atoms with E-state index in [2.05, 4.69) is 25.8 Å². The van der Waals surface area contributed by atoms with E-state index >= 15 is 0 Å². The van der Waals surface area contributed by atoms with Crippen molar-refractivity contribution in [1.29, 1.82) is 0 Å². The average molecular weight is 454 g/mol. The molecule has 158 valence electrons. The molecule has 2 aromatic carbocycles. The molecular formula is C22H21BCl2F3NO. The standard InChI is InChI=1S/C22H21BCl2F3NO/c1-12-7-14(9-17(24)19(12)25)21(22(26,27)28)10-18(29-30-21)13-5-6-16-15(8-13)20(2,3)11-23(16)4/h5-9H,10-11H2,1-4H3/t21-/m0/s1. The fourth-order valence-electron chi connectivity index (χ4n) is 4.76. The molecule has 4 rings (SSSR count). The van der Waals surface area contributed by atoms with Crippen molar-refractivity contribution in [2.75, 3.05) is 0 Å². The van der Waals surface area contributed by atoms with Crippen LogP contribution in [0.2, 0.25) is 23.2 Å². The summed E-state index contributed by atoms with van der Waals surface area (Å²) in [5.41, 5.74) is 1.04. The second kappa shape index (κ2) is 6.93. The number of alkyl halides is 3. The van der Waals surface area contributed by atoms with Gasteiger partial charge in [0, 0.05) is 12.0 Å². The van der Waals surface area contributed by atoms with Gasteiger partial charge in [-0.25, -0.2) is 0 Å². The van der Waals surface area contributed by atoms with Crippen molar-refractivity contribution < 1.29 is 18.0 Å². The highest BCUT2D eigenvalue weighted by Gasteiger charge is 2.62. The molecule has 0 radical (unpaired) electrons. The topological polar surface area (TPSA) is 21.6 Å². The van der Waals surface area contributed by atoms with E-state index in [0.717, 1.165) is 11.9 Å². The van der Waals surface area contributed by atoms with Gasteiger partial charge in [-0.2, -0.15) is 13.2 Å². The van der Waals surface area contributed by atoms with E-state index in [-0.39, 0.29) is 26.7 Å². The minimum Gasteiger partial charge on any atom is -0.374 e. The summed E-state index contributed by atoms with van der Waals surface area (Å²) >= 11 is 12.1. The van der Waals surface area contributed by atoms with Crippen molar-refractivity contribution in [2.45, 2.75) is 57.5 Å². The van der Waals surface area contributed by atoms with Gasteiger partial charge in [0.2, 0.25) is 0 Å². The molecule has 0 aliphatic carbocycles. The van der Waals surface area contributed by atoms with Crippen LogP contribution in [0.25, 0.3) is 0 Å². The molecule has 30 heavy (non-hydrogen) atoms. The third kappa shape index (κ3) is 3.23. The van der Waals surface area contributed by atoms with E-state index < -0.39 is 18.2 Å². The van der Waals surface area contributed by atoms with Gasteiger partial charge in [-0.1, -0.05) is 79.0 Å². The van der Waals surface area contributed by atoms with Crippen LogP contribution in [0.5, 0.6) is 0 Å². The fraction of sp³-hybridized carbons (Fsp3) is 0.409. The van der Waals surface area contributed by atoms with Crippen molar-refractivity contribution in [3.63, 3.8) is 0 Å². The van der Waals surface area contributed by atoms with Gasteiger partial charge < -0.3 is 4.84 Å². The third-order valence-electron chi connectivity index (χ3n) is 6.33. The van der Waals surface area contributed by atoms with Crippen LogP contribution in [-0.2, 0) is 15.9 Å². The first-order chi connectivity index (χ1) is 13.9. The minimum absolute atomic E-state index is 0.0350. The number of hydrogen-bond acceptors (Lipinski definition) is 2. The number of oxime groups is 1. The molecule has 2 aliphatic rings. The Kier molecular flexibility index (Phi) is 4.98. The van der Waals surface area contributed by atoms with Crippen LogP contribution < -0.4 is 5.46 Å². The Bertz CT molecular complexity index is 1040. The molecule has 2 nitrogen and oxygen atoms in total. The maximum absolute atomic E-state index is 14.3. The summed E-state index contributed by atoms with van der Waals surface area (Å²) in [5.74, 6) is 0. The van der Waals surface area contributed by atoms with Crippen molar-refractivity contribution >= 4 is 41.1 Å². The molecule has 0 amide bonds. The Morgan fingerprint density at radius 2 is 1.83 bits per heavy atom. The average Bonchev–Trinajstić information content (AvgIpc) is 3.20. The van der Waals surface area contributed by atoms with Gasteiger partial charge in [-0.3, -0.25) is 0 Å². The zero-order chi connectivity index (χ0) is 22.1. The van der Waals surface area contributed by atoms with Crippen molar-refractivity contribution in [3.8, 4) is 0 Å². The molecule has 2 aromatic rings. The van der Waals surface area contributed by atoms with Crippen LogP contribution in [0.1, 0.15) is 42.5 Å². The molecule has 0 aromatic heterocycles. The predicted molar refractivity (Wildman–Crippen MR) is 117 cm³/mol. The van der Waals surface area contributed by atoms with Crippen LogP contribution in [-0.4, -0.2) is 18.6 Å². The Hall–Kier alpha value is -1.66. The summed E-state index contributed by atoms with van der Waals surface area (Å²) in [5, 5.41) is 4.18. The molecule has 0 fully saturated rings. The van der Waals surface area contributed by atoms with Gasteiger partial charge in [0.05, 0.1) is 15.8 Å². The molecular weight excluding hydrogens is 433 g/mol. The summed E-state index contributed by atoms with van der Waals surface area (Å²) in [6, 6.07) is 8.40. The van der Waals surface area contributed by atoms with Crippen LogP contribution in [0.15, 0.2) is 35.5 Å². The van der Waals surface area contributed by atoms with Gasteiger partial charge in [0.1, 0.15) is 0 Å². The molecule has 0 saturated heterocycles. The highest BCUT2D eigenvalue weighted by molar-refractivity contribution is 6.74. The minimum atomic E-state index is -4.69. The lowest BCUT2D eigenvalue weighted by Crippen LogP contribution is -2.42. The van der Waals surface area contributed by atoms with Crippen LogP contribution in [0.3, 0.4) is 0 Å². The lowest BCUT2D eigenvalue weighted by atomic mass is 9.46. The van der Waals surface area contributed by atoms with Crippen molar-refractivity contribution in [2.24, 2.45) is 5.16 Å². The maximum atomic E-state index is 14.3. The Balaban J connectivity index is 1.76. The molecule has 0 spiro atoms. The van der Waals surface area contributed by atoms with Crippen LogP contribution >= 0.6 is 23.2 Å². The summed E-state index contributed by atoms with van der Waals surface area (Å²) in [6.07, 6.45) is -4.11. The predicted octanol–water partition coefficient (Wildman–Crippen LogP) is 6.51. The number of benzene rings is 2. The monoisotopic (exact) mass is 453 g/mol. The first-order valence-electron chi connectivity index (χ1n) is 9.78. The number of aryl methyl sites for hydroxylation is 1. The SMILES string of the molecule is CB1CC(C)(C)c2cc(C3=NO[C@@](c4cc(C)c(Cl)c(Cl)c4)(C(F)(F)F)C3)ccc21. The summed E-state index contributed by atoms with van der Waals surface area (Å²) < 4.78 is 42.8. The first kappa shape index (κ1) is 21.6. The van der Waals surface area contributed by atoms with E-state index in [1.165, 1.54) is 17.6 Å². The van der Waals surface area contributed by atoms with Gasteiger partial charge in [0.25, 0.3) is 5.60 Å². The number of rotatable bonds is 2. The summed E-state index contributed by atoms with van der Waals surface area (Å²) in [4.78, 5) is 5.16. The van der Waals surface area contributed by atoms with E-state index in [9.17, 15) is 13.2 Å². The molecule has 8 heteroatoms. The van der Waals surface area contributed by atoms with E-state index in [1.54, 1.807) is 6.92 Å². The lowest BCUT2D eigenvalue weighted by molar-refractivity contribution is -0.275. The summed E-state index contributed by atoms with van der Waals surface area (Å²) in [6.45, 7) is 8.52. The third-order valence-corrected chi connectivity index (χ3v) is 7.22. The lowest BCUT2D eigenvalue weighted by Gasteiger charge is -2.30. The Morgan fingerprint density at radius 1 is 1.13 bits per heavy atom. The van der Waals surface area contributed by atoms with Gasteiger partial charge in [0.15, 0.2) is 6.71 Å². The molecule has 0 N–H and O–H groups in total. The van der Waals surface area contributed by atoms with Gasteiger partial charge in [-0.05, 0) is 41.2 Å². The smallest absolute Gasteiger partial charge is 0.374 e. The zero-order valence-electron chi connectivity index (χ0n) is 17.1. The second-order valence-corrected chi connectivity index (χ2v) is 9.80. The number of hydrogen-bond donors (Lipinski definition) is 0. The van der Waals surface area contributed by atoms with E-state index in [4.69, 9.17) is 28.0 Å². The molecule has 0 unspecified atom stereocenters. The Morgan fingerprint density at radius 3 is 2.47 bits per heavy atom. The highest BCUT2D eigenvalue weighted by Crippen LogP contribution is 2.50. The fourth-order valence-corrected chi connectivity index (χ4v) is 5.13. The number of nitrogens with zero attached hydrogens (tertiary/aromatic N) is 1. The van der Waals surface area contributed by atoms with E-state index in [1.807, 2.05) is 18.2 Å². The zero-order valence-corrected chi connectivity index (χ0v) is 18.6. The second-order valence-electron chi connectivity index (χ2n) is 9.01. The van der Waals surface area contributed by atoms with Gasteiger partial charge >= 0.3 is 6.18 Å². The normalized spacial score (nSPS) is 22.7. The number of fused-ring (bicyclic) bond motifs is 1. The maximum Gasteiger partial charge on any atom is 0.435 e. The molecule has 1 atom stereocenters. The largest absolute Gasteiger partial charge is 0.435 e. The molecule has 2 heterocycles. The Labute approximate surface area is 184 Å². The van der Waals surface area contributed by atoms with Crippen molar-refractivity contribution in [3.05, 3.63) is 62.6 Å². The summed E-state index contributed by atoms with van der Waals surface area (Å²) in [7, 11) is 0. The van der Waals surface area contributed by atoms with Crippen molar-refractivity contribution in [1.82, 2.24) is 0 Å². The number of halogens is 5. The van der Waals surface area contributed by atoms with Crippen LogP contribution in [0.4, 0.5) is 13.2 Å². The highest BCUT2D eigenvalue weighted by atomic mass is 35.5. The molecule has 2 aliphatic heterocycles. The van der Waals surface area contributed by atoms with E-state index in [0.29, 0.717) is 17.8 Å². The van der Waals surface area contributed by atoms with Gasteiger partial charge in [-0.15, -0.1) is 0 Å². The molecule has 0 saturated carbocycles. The first-order valence-corrected chi connectivity index (χ1v) is 10.5. The molecule has 0 bridgehead atoms. The van der Waals surface area contributed by atoms with Crippen LogP contribution in [0, 0.1) is 6.92 Å².